The number of halogens is 1. The van der Waals surface area contributed by atoms with E-state index in [0.717, 1.165) is 54.5 Å². The fraction of sp³-hybridized carbons (Fsp3) is 0.393. The van der Waals surface area contributed by atoms with Crippen molar-refractivity contribution in [2.24, 2.45) is 10.9 Å². The summed E-state index contributed by atoms with van der Waals surface area (Å²) in [6.45, 7) is 8.63. The molecule has 0 aromatic heterocycles. The van der Waals surface area contributed by atoms with Gasteiger partial charge in [-0.15, -0.1) is 0 Å². The lowest BCUT2D eigenvalue weighted by molar-refractivity contribution is 0.485. The van der Waals surface area contributed by atoms with Crippen LogP contribution < -0.4 is 0 Å². The molecule has 31 heavy (non-hydrogen) atoms. The predicted molar refractivity (Wildman–Crippen MR) is 132 cm³/mol. The van der Waals surface area contributed by atoms with Gasteiger partial charge in [-0.05, 0) is 98.2 Å². The molecule has 2 nitrogen and oxygen atoms in total. The Morgan fingerprint density at radius 2 is 1.94 bits per heavy atom. The van der Waals surface area contributed by atoms with E-state index in [-0.39, 0.29) is 5.92 Å². The lowest BCUT2D eigenvalue weighted by Crippen LogP contribution is -2.12. The van der Waals surface area contributed by atoms with Crippen molar-refractivity contribution in [3.8, 4) is 0 Å². The van der Waals surface area contributed by atoms with Crippen molar-refractivity contribution in [1.82, 2.24) is 0 Å². The topological polar surface area (TPSA) is 32.6 Å². The van der Waals surface area contributed by atoms with Crippen molar-refractivity contribution in [3.05, 3.63) is 86.1 Å². The van der Waals surface area contributed by atoms with Crippen LogP contribution in [0.3, 0.4) is 0 Å². The molecule has 4 rings (SSSR count). The molecule has 162 valence electrons. The third kappa shape index (κ3) is 4.50. The van der Waals surface area contributed by atoms with Gasteiger partial charge in [0.2, 0.25) is 0 Å². The van der Waals surface area contributed by atoms with Crippen LogP contribution in [0.2, 0.25) is 5.02 Å². The first-order valence-corrected chi connectivity index (χ1v) is 11.7. The Balaban J connectivity index is 1.72. The van der Waals surface area contributed by atoms with Gasteiger partial charge in [0.05, 0.1) is 5.02 Å². The van der Waals surface area contributed by atoms with E-state index in [1.165, 1.54) is 22.3 Å². The molecule has 2 unspecified atom stereocenters. The Morgan fingerprint density at radius 1 is 1.16 bits per heavy atom. The first-order valence-electron chi connectivity index (χ1n) is 11.4. The van der Waals surface area contributed by atoms with Crippen LogP contribution in [0, 0.1) is 26.7 Å². The second-order valence-electron chi connectivity index (χ2n) is 9.24. The maximum atomic E-state index is 10.7. The molecule has 0 radical (unpaired) electrons. The fourth-order valence-corrected chi connectivity index (χ4v) is 5.01. The quantitative estimate of drug-likeness (QED) is 0.475. The van der Waals surface area contributed by atoms with E-state index < -0.39 is 0 Å². The van der Waals surface area contributed by atoms with Crippen molar-refractivity contribution >= 4 is 23.6 Å². The van der Waals surface area contributed by atoms with Gasteiger partial charge in [-0.25, -0.2) is 0 Å². The summed E-state index contributed by atoms with van der Waals surface area (Å²) in [7, 11) is 0. The number of aliphatic hydroxyl groups excluding tert-OH is 1. The number of aliphatic imine (C=N–C) groups is 1. The van der Waals surface area contributed by atoms with Gasteiger partial charge in [-0.2, -0.15) is 0 Å². The number of nitrogens with zero attached hydrogens (tertiary/aromatic N) is 1. The van der Waals surface area contributed by atoms with Crippen LogP contribution in [0.1, 0.15) is 71.9 Å². The minimum Gasteiger partial charge on any atom is -0.507 e. The summed E-state index contributed by atoms with van der Waals surface area (Å²) >= 11 is 6.71. The molecule has 2 aromatic carbocycles. The van der Waals surface area contributed by atoms with Crippen LogP contribution in [-0.2, 0) is 6.42 Å². The number of hydrogen-bond acceptors (Lipinski definition) is 2. The monoisotopic (exact) mass is 433 g/mol. The first kappa shape index (κ1) is 21.9. The molecular weight excluding hydrogens is 402 g/mol. The minimum absolute atomic E-state index is 0.184. The highest BCUT2D eigenvalue weighted by Gasteiger charge is 2.24. The second kappa shape index (κ2) is 9.04. The Kier molecular flexibility index (Phi) is 6.39. The molecule has 0 amide bonds. The van der Waals surface area contributed by atoms with E-state index in [2.05, 4.69) is 57.3 Å². The molecule has 0 bridgehead atoms. The Bertz CT molecular complexity index is 1060. The average molecular weight is 434 g/mol. The van der Waals surface area contributed by atoms with Crippen LogP contribution in [0.25, 0.3) is 5.76 Å². The highest BCUT2D eigenvalue weighted by Crippen LogP contribution is 2.39. The lowest BCUT2D eigenvalue weighted by Gasteiger charge is -2.25. The van der Waals surface area contributed by atoms with E-state index in [1.54, 1.807) is 0 Å². The van der Waals surface area contributed by atoms with Gasteiger partial charge in [0.15, 0.2) is 0 Å². The summed E-state index contributed by atoms with van der Waals surface area (Å²) in [5.74, 6) is 1.06. The van der Waals surface area contributed by atoms with Gasteiger partial charge in [0, 0.05) is 23.4 Å². The van der Waals surface area contributed by atoms with Crippen molar-refractivity contribution in [3.63, 3.8) is 0 Å². The second-order valence-corrected chi connectivity index (χ2v) is 9.65. The molecule has 1 saturated carbocycles. The zero-order valence-corrected chi connectivity index (χ0v) is 19.8. The standard InChI is InChI=1S/C28H32ClNO/c1-17-11-12-26(30-16-17)24(23-10-5-7-18(2)20(23)4)14-21-13-19(3)27(25(29)15-21)28(31)22-8-6-9-22/h5,7,10,12-13,15-17,24,31H,6,8-9,11,14H2,1-4H3. The molecule has 2 aliphatic rings. The number of aryl methyl sites for hydroxylation is 2. The van der Waals surface area contributed by atoms with Crippen molar-refractivity contribution in [2.45, 2.75) is 65.7 Å². The third-order valence-electron chi connectivity index (χ3n) is 6.87. The Hall–Kier alpha value is -2.32. The van der Waals surface area contributed by atoms with Gasteiger partial charge >= 0.3 is 0 Å². The number of aliphatic hydroxyl groups is 1. The SMILES string of the molecule is Cc1cccc(C(Cc2cc(C)c(C(O)=C3CCC3)c(Cl)c2)C2=CCC(C)C=N2)c1C. The van der Waals surface area contributed by atoms with E-state index >= 15 is 0 Å². The third-order valence-corrected chi connectivity index (χ3v) is 7.17. The van der Waals surface area contributed by atoms with Gasteiger partial charge in [-0.3, -0.25) is 4.99 Å². The smallest absolute Gasteiger partial charge is 0.123 e. The van der Waals surface area contributed by atoms with Gasteiger partial charge < -0.3 is 5.11 Å². The number of hydrogen-bond donors (Lipinski definition) is 1. The molecule has 3 heteroatoms. The highest BCUT2D eigenvalue weighted by atomic mass is 35.5. The summed E-state index contributed by atoms with van der Waals surface area (Å²) in [6, 6.07) is 10.8. The molecular formula is C28H32ClNO. The van der Waals surface area contributed by atoms with Crippen LogP contribution in [0.5, 0.6) is 0 Å². The maximum Gasteiger partial charge on any atom is 0.123 e. The van der Waals surface area contributed by atoms with Crippen molar-refractivity contribution in [2.75, 3.05) is 0 Å². The summed E-state index contributed by atoms with van der Waals surface area (Å²) in [5.41, 5.74) is 9.24. The predicted octanol–water partition coefficient (Wildman–Crippen LogP) is 8.04. The zero-order valence-electron chi connectivity index (χ0n) is 19.0. The molecule has 1 aliphatic heterocycles. The molecule has 0 spiro atoms. The Labute approximate surface area is 191 Å². The van der Waals surface area contributed by atoms with Gasteiger partial charge in [0.1, 0.15) is 5.76 Å². The molecule has 0 saturated heterocycles. The maximum absolute atomic E-state index is 10.7. The largest absolute Gasteiger partial charge is 0.507 e. The molecule has 2 atom stereocenters. The Morgan fingerprint density at radius 3 is 2.55 bits per heavy atom. The van der Waals surface area contributed by atoms with Crippen molar-refractivity contribution in [1.29, 1.82) is 0 Å². The van der Waals surface area contributed by atoms with Gasteiger partial charge in [0.25, 0.3) is 0 Å². The lowest BCUT2D eigenvalue weighted by atomic mass is 9.83. The summed E-state index contributed by atoms with van der Waals surface area (Å²) < 4.78 is 0. The van der Waals surface area contributed by atoms with E-state index in [4.69, 9.17) is 16.6 Å². The molecule has 1 fully saturated rings. The minimum atomic E-state index is 0.184. The fourth-order valence-electron chi connectivity index (χ4n) is 4.63. The van der Waals surface area contributed by atoms with E-state index in [1.807, 2.05) is 13.0 Å². The molecule has 2 aromatic rings. The van der Waals surface area contributed by atoms with Crippen LogP contribution >= 0.6 is 11.6 Å². The number of allylic oxidation sites excluding steroid dienone is 3. The normalized spacial score (nSPS) is 19.1. The molecule has 1 heterocycles. The van der Waals surface area contributed by atoms with Crippen molar-refractivity contribution < 1.29 is 5.11 Å². The zero-order chi connectivity index (χ0) is 22.1. The van der Waals surface area contributed by atoms with Crippen LogP contribution in [0.4, 0.5) is 0 Å². The summed E-state index contributed by atoms with van der Waals surface area (Å²) in [6.07, 6.45) is 9.34. The number of benzene rings is 2. The summed E-state index contributed by atoms with van der Waals surface area (Å²) in [5, 5.41) is 11.4. The first-order chi connectivity index (χ1) is 14.8. The molecule has 1 aliphatic carbocycles. The highest BCUT2D eigenvalue weighted by molar-refractivity contribution is 6.32. The number of rotatable bonds is 5. The summed E-state index contributed by atoms with van der Waals surface area (Å²) in [4.78, 5) is 4.84. The van der Waals surface area contributed by atoms with E-state index in [0.29, 0.717) is 16.7 Å². The van der Waals surface area contributed by atoms with E-state index in [9.17, 15) is 5.11 Å². The average Bonchev–Trinajstić information content (AvgIpc) is 2.67. The molecule has 1 N–H and O–H groups in total. The van der Waals surface area contributed by atoms with Crippen LogP contribution in [-0.4, -0.2) is 11.3 Å². The van der Waals surface area contributed by atoms with Crippen LogP contribution in [0.15, 0.2) is 52.7 Å². The van der Waals surface area contributed by atoms with Gasteiger partial charge in [-0.1, -0.05) is 48.9 Å².